The van der Waals surface area contributed by atoms with Crippen molar-refractivity contribution in [1.82, 2.24) is 5.32 Å². The molecule has 0 saturated heterocycles. The summed E-state index contributed by atoms with van der Waals surface area (Å²) in [5.41, 5.74) is 0.590. The van der Waals surface area contributed by atoms with Crippen molar-refractivity contribution in [2.45, 2.75) is 13.0 Å². The molecule has 1 atom stereocenters. The minimum absolute atomic E-state index is 0.0917. The second-order valence-corrected chi connectivity index (χ2v) is 6.26. The molecule has 138 valence electrons. The van der Waals surface area contributed by atoms with Crippen LogP contribution in [0.2, 0.25) is 10.0 Å². The van der Waals surface area contributed by atoms with E-state index >= 15 is 0 Å². The Morgan fingerprint density at radius 3 is 2.58 bits per heavy atom. The van der Waals surface area contributed by atoms with E-state index in [4.69, 9.17) is 32.7 Å². The van der Waals surface area contributed by atoms with Crippen molar-refractivity contribution in [3.05, 3.63) is 57.6 Å². The van der Waals surface area contributed by atoms with Crippen LogP contribution in [0.1, 0.15) is 28.9 Å². The highest BCUT2D eigenvalue weighted by atomic mass is 35.5. The van der Waals surface area contributed by atoms with Gasteiger partial charge in [-0.15, -0.1) is 0 Å². The van der Waals surface area contributed by atoms with Crippen LogP contribution in [0.3, 0.4) is 0 Å². The van der Waals surface area contributed by atoms with Crippen molar-refractivity contribution in [3.8, 4) is 11.5 Å². The summed E-state index contributed by atoms with van der Waals surface area (Å²) in [6.07, 6.45) is 0. The van der Waals surface area contributed by atoms with Crippen LogP contribution in [0.5, 0.6) is 11.5 Å². The quantitative estimate of drug-likeness (QED) is 0.725. The highest BCUT2D eigenvalue weighted by Crippen LogP contribution is 2.26. The van der Waals surface area contributed by atoms with Gasteiger partial charge < -0.3 is 19.9 Å². The molecule has 0 saturated carbocycles. The summed E-state index contributed by atoms with van der Waals surface area (Å²) in [6, 6.07) is 8.66. The lowest BCUT2D eigenvalue weighted by Crippen LogP contribution is -2.31. The number of phenolic OH excluding ortho intramolecular Hbond substituents is 1. The zero-order chi connectivity index (χ0) is 19.3. The van der Waals surface area contributed by atoms with E-state index in [1.165, 1.54) is 25.3 Å². The fourth-order valence-electron chi connectivity index (χ4n) is 2.23. The molecule has 0 radical (unpaired) electrons. The van der Waals surface area contributed by atoms with E-state index in [2.05, 4.69) is 5.32 Å². The average molecular weight is 398 g/mol. The third kappa shape index (κ3) is 5.03. The minimum atomic E-state index is -0.839. The Morgan fingerprint density at radius 1 is 1.19 bits per heavy atom. The molecule has 0 spiro atoms. The number of hydrogen-bond acceptors (Lipinski definition) is 5. The summed E-state index contributed by atoms with van der Waals surface area (Å²) in [5, 5.41) is 13.3. The monoisotopic (exact) mass is 397 g/mol. The summed E-state index contributed by atoms with van der Waals surface area (Å²) >= 11 is 11.9. The number of halogens is 2. The number of carbonyl (C=O) groups is 2. The van der Waals surface area contributed by atoms with E-state index in [-0.39, 0.29) is 11.3 Å². The van der Waals surface area contributed by atoms with Crippen molar-refractivity contribution >= 4 is 35.1 Å². The largest absolute Gasteiger partial charge is 0.507 e. The molecule has 0 aliphatic rings. The molecule has 0 bridgehead atoms. The summed E-state index contributed by atoms with van der Waals surface area (Å²) in [4.78, 5) is 24.0. The molecule has 2 N–H and O–H groups in total. The molecule has 1 amide bonds. The van der Waals surface area contributed by atoms with Gasteiger partial charge in [-0.2, -0.15) is 0 Å². The molecule has 6 nitrogen and oxygen atoms in total. The highest BCUT2D eigenvalue weighted by molar-refractivity contribution is 6.35. The number of ether oxygens (including phenoxy) is 2. The van der Waals surface area contributed by atoms with Crippen molar-refractivity contribution in [2.75, 3.05) is 13.7 Å². The van der Waals surface area contributed by atoms with Crippen LogP contribution in [0.25, 0.3) is 0 Å². The van der Waals surface area contributed by atoms with Gasteiger partial charge in [0.2, 0.25) is 0 Å². The lowest BCUT2D eigenvalue weighted by atomic mass is 10.1. The third-order valence-corrected chi connectivity index (χ3v) is 4.13. The smallest absolute Gasteiger partial charge is 0.342 e. The van der Waals surface area contributed by atoms with Gasteiger partial charge in [0.25, 0.3) is 5.91 Å². The lowest BCUT2D eigenvalue weighted by Gasteiger charge is -2.16. The molecule has 2 rings (SSSR count). The van der Waals surface area contributed by atoms with Gasteiger partial charge in [0.1, 0.15) is 17.1 Å². The maximum absolute atomic E-state index is 12.0. The first kappa shape index (κ1) is 19.9. The third-order valence-electron chi connectivity index (χ3n) is 3.56. The topological polar surface area (TPSA) is 84.9 Å². The molecule has 0 aromatic heterocycles. The van der Waals surface area contributed by atoms with Gasteiger partial charge in [0, 0.05) is 10.0 Å². The van der Waals surface area contributed by atoms with Crippen LogP contribution < -0.4 is 10.1 Å². The van der Waals surface area contributed by atoms with Crippen LogP contribution in [0, 0.1) is 0 Å². The zero-order valence-corrected chi connectivity index (χ0v) is 15.6. The average Bonchev–Trinajstić information content (AvgIpc) is 2.60. The van der Waals surface area contributed by atoms with Gasteiger partial charge in [0.15, 0.2) is 6.61 Å². The molecular formula is C18H17Cl2NO5. The fraction of sp³-hybridized carbons (Fsp3) is 0.222. The Labute approximate surface area is 160 Å². The van der Waals surface area contributed by atoms with Crippen LogP contribution in [-0.2, 0) is 9.53 Å². The van der Waals surface area contributed by atoms with E-state index < -0.39 is 24.5 Å². The second-order valence-electron chi connectivity index (χ2n) is 5.41. The van der Waals surface area contributed by atoms with Crippen molar-refractivity contribution in [1.29, 1.82) is 0 Å². The highest BCUT2D eigenvalue weighted by Gasteiger charge is 2.17. The molecule has 0 aliphatic carbocycles. The SMILES string of the molecule is COc1ccc(O)c(C(=O)OCC(=O)N[C@H](C)c2ccc(Cl)cc2Cl)c1. The molecule has 0 unspecified atom stereocenters. The Morgan fingerprint density at radius 2 is 1.92 bits per heavy atom. The molecule has 0 heterocycles. The normalized spacial score (nSPS) is 11.5. The van der Waals surface area contributed by atoms with E-state index in [0.717, 1.165) is 0 Å². The standard InChI is InChI=1S/C18H17Cl2NO5/c1-10(13-5-3-11(19)7-15(13)20)21-17(23)9-26-18(24)14-8-12(25-2)4-6-16(14)22/h3-8,10,22H,9H2,1-2H3,(H,21,23)/t10-/m1/s1. The van der Waals surface area contributed by atoms with Crippen LogP contribution in [0.4, 0.5) is 0 Å². The Hall–Kier alpha value is -2.44. The first-order valence-electron chi connectivity index (χ1n) is 7.60. The summed E-state index contributed by atoms with van der Waals surface area (Å²) in [6.45, 7) is 1.23. The van der Waals surface area contributed by atoms with Gasteiger partial charge in [-0.25, -0.2) is 4.79 Å². The van der Waals surface area contributed by atoms with Crippen molar-refractivity contribution in [2.24, 2.45) is 0 Å². The number of amides is 1. The predicted octanol–water partition coefficient (Wildman–Crippen LogP) is 3.74. The lowest BCUT2D eigenvalue weighted by molar-refractivity contribution is -0.124. The zero-order valence-electron chi connectivity index (χ0n) is 14.1. The molecule has 2 aromatic rings. The van der Waals surface area contributed by atoms with E-state index in [1.54, 1.807) is 25.1 Å². The maximum Gasteiger partial charge on any atom is 0.342 e. The molecule has 0 aliphatic heterocycles. The number of aromatic hydroxyl groups is 1. The van der Waals surface area contributed by atoms with Gasteiger partial charge in [-0.1, -0.05) is 29.3 Å². The summed E-state index contributed by atoms with van der Waals surface area (Å²) in [7, 11) is 1.43. The predicted molar refractivity (Wildman–Crippen MR) is 98.0 cm³/mol. The van der Waals surface area contributed by atoms with E-state index in [1.807, 2.05) is 0 Å². The van der Waals surface area contributed by atoms with Crippen LogP contribution in [-0.4, -0.2) is 30.7 Å². The summed E-state index contributed by atoms with van der Waals surface area (Å²) in [5.74, 6) is -1.24. The van der Waals surface area contributed by atoms with E-state index in [9.17, 15) is 14.7 Å². The van der Waals surface area contributed by atoms with Crippen LogP contribution >= 0.6 is 23.2 Å². The molecule has 2 aromatic carbocycles. The number of phenols is 1. The fourth-order valence-corrected chi connectivity index (χ4v) is 2.80. The van der Waals surface area contributed by atoms with Crippen LogP contribution in [0.15, 0.2) is 36.4 Å². The minimum Gasteiger partial charge on any atom is -0.507 e. The van der Waals surface area contributed by atoms with Gasteiger partial charge in [-0.3, -0.25) is 4.79 Å². The molecule has 26 heavy (non-hydrogen) atoms. The van der Waals surface area contributed by atoms with Gasteiger partial charge in [0.05, 0.1) is 13.2 Å². The molecule has 0 fully saturated rings. The second kappa shape index (κ2) is 8.78. The Balaban J connectivity index is 1.95. The van der Waals surface area contributed by atoms with E-state index in [0.29, 0.717) is 21.4 Å². The number of nitrogens with one attached hydrogen (secondary N) is 1. The number of benzene rings is 2. The van der Waals surface area contributed by atoms with Gasteiger partial charge in [-0.05, 0) is 42.8 Å². The maximum atomic E-state index is 12.0. The Bertz CT molecular complexity index is 825. The van der Waals surface area contributed by atoms with Crippen molar-refractivity contribution < 1.29 is 24.2 Å². The first-order valence-corrected chi connectivity index (χ1v) is 8.36. The first-order chi connectivity index (χ1) is 12.3. The number of carbonyl (C=O) groups excluding carboxylic acids is 2. The number of esters is 1. The molecule has 8 heteroatoms. The number of hydrogen-bond donors (Lipinski definition) is 2. The van der Waals surface area contributed by atoms with Gasteiger partial charge >= 0.3 is 5.97 Å². The summed E-state index contributed by atoms with van der Waals surface area (Å²) < 4.78 is 9.92. The number of rotatable bonds is 6. The molecular weight excluding hydrogens is 381 g/mol. The van der Waals surface area contributed by atoms with Crippen molar-refractivity contribution in [3.63, 3.8) is 0 Å². The number of methoxy groups -OCH3 is 1. The Kier molecular flexibility index (Phi) is 6.71.